The fraction of sp³-hybridized carbons (Fsp3) is 0.0444. The van der Waals surface area contributed by atoms with E-state index in [1.54, 1.807) is 6.20 Å². The third-order valence-corrected chi connectivity index (χ3v) is 13.1. The summed E-state index contributed by atoms with van der Waals surface area (Å²) < 4.78 is 0. The van der Waals surface area contributed by atoms with Gasteiger partial charge in [-0.3, -0.25) is 0 Å². The minimum Gasteiger partial charge on any atom is -0.305 e. The summed E-state index contributed by atoms with van der Waals surface area (Å²) in [5.41, 5.74) is 9.72. The molecule has 6 aromatic carbocycles. The molecule has 0 unspecified atom stereocenters. The molecule has 1 radical (unpaired) electrons. The number of rotatable bonds is 3. The summed E-state index contributed by atoms with van der Waals surface area (Å²) in [4.78, 5) is 9.00. The van der Waals surface area contributed by atoms with Gasteiger partial charge in [0.1, 0.15) is 8.07 Å². The van der Waals surface area contributed by atoms with Crippen LogP contribution in [0.1, 0.15) is 5.56 Å². The molecule has 0 atom stereocenters. The molecule has 0 spiro atoms. The maximum Gasteiger partial charge on any atom is 0.114 e. The van der Waals surface area contributed by atoms with Gasteiger partial charge in [0.25, 0.3) is 0 Å². The van der Waals surface area contributed by atoms with Crippen molar-refractivity contribution in [2.24, 2.45) is 0 Å². The van der Waals surface area contributed by atoms with Crippen LogP contribution in [0.25, 0.3) is 66.3 Å². The van der Waals surface area contributed by atoms with E-state index < -0.39 is 8.07 Å². The Morgan fingerprint density at radius 3 is 2.10 bits per heavy atom. The zero-order chi connectivity index (χ0) is 33.4. The van der Waals surface area contributed by atoms with Gasteiger partial charge in [-0.2, -0.15) is 5.26 Å². The normalized spacial score (nSPS) is 12.2. The van der Waals surface area contributed by atoms with Gasteiger partial charge in [0.2, 0.25) is 0 Å². The molecular formula is C45H31IrN3Si-2. The SMILES string of the molecule is C[Si]1(C)c2cc(C#N)ccc2-c2ccc3c(ccc4c(-c5[c-]cccc5)nccc43)c21.[Ir].[c-]1cc(-c2ccccc2)ccc1-c1ccccn1. The van der Waals surface area contributed by atoms with Gasteiger partial charge >= 0.3 is 0 Å². The van der Waals surface area contributed by atoms with Crippen molar-refractivity contribution in [3.8, 4) is 50.8 Å². The third kappa shape index (κ3) is 5.89. The van der Waals surface area contributed by atoms with Crippen LogP contribution in [0.15, 0.2) is 152 Å². The van der Waals surface area contributed by atoms with E-state index in [0.717, 1.165) is 33.5 Å². The molecule has 0 N–H and O–H groups in total. The van der Waals surface area contributed by atoms with E-state index in [-0.39, 0.29) is 20.1 Å². The summed E-state index contributed by atoms with van der Waals surface area (Å²) in [6, 6.07) is 56.7. The quantitative estimate of drug-likeness (QED) is 0.101. The average molecular weight is 834 g/mol. The van der Waals surface area contributed by atoms with Crippen LogP contribution in [0, 0.1) is 23.5 Å². The van der Waals surface area contributed by atoms with Gasteiger partial charge in [0, 0.05) is 32.5 Å². The number of nitriles is 1. The Kier molecular flexibility index (Phi) is 9.10. The van der Waals surface area contributed by atoms with Crippen molar-refractivity contribution in [3.63, 3.8) is 0 Å². The van der Waals surface area contributed by atoms with E-state index >= 15 is 0 Å². The molecule has 0 amide bonds. The van der Waals surface area contributed by atoms with Crippen molar-refractivity contribution in [2.75, 3.05) is 0 Å². The molecule has 0 aliphatic carbocycles. The number of hydrogen-bond donors (Lipinski definition) is 0. The van der Waals surface area contributed by atoms with Crippen molar-refractivity contribution in [2.45, 2.75) is 13.1 Å². The predicted molar refractivity (Wildman–Crippen MR) is 204 cm³/mol. The number of fused-ring (bicyclic) bond motifs is 7. The van der Waals surface area contributed by atoms with E-state index in [4.69, 9.17) is 0 Å². The number of aromatic nitrogens is 2. The van der Waals surface area contributed by atoms with Crippen LogP contribution in [0.4, 0.5) is 0 Å². The Hall–Kier alpha value is -5.50. The van der Waals surface area contributed by atoms with E-state index in [1.807, 2.05) is 72.9 Å². The second kappa shape index (κ2) is 13.8. The molecule has 9 rings (SSSR count). The molecule has 1 aliphatic heterocycles. The minimum atomic E-state index is -1.93. The average Bonchev–Trinajstić information content (AvgIpc) is 3.41. The molecule has 241 valence electrons. The van der Waals surface area contributed by atoms with Crippen molar-refractivity contribution in [3.05, 3.63) is 170 Å². The van der Waals surface area contributed by atoms with Crippen LogP contribution in [0.3, 0.4) is 0 Å². The van der Waals surface area contributed by atoms with Crippen LogP contribution in [-0.2, 0) is 20.1 Å². The second-order valence-corrected chi connectivity index (χ2v) is 17.0. The molecule has 0 saturated heterocycles. The Labute approximate surface area is 307 Å². The fourth-order valence-corrected chi connectivity index (χ4v) is 10.6. The van der Waals surface area contributed by atoms with Gasteiger partial charge in [-0.1, -0.05) is 97.0 Å². The van der Waals surface area contributed by atoms with Crippen LogP contribution in [0.5, 0.6) is 0 Å². The molecule has 1 aliphatic rings. The van der Waals surface area contributed by atoms with Crippen LogP contribution < -0.4 is 10.4 Å². The topological polar surface area (TPSA) is 49.6 Å². The van der Waals surface area contributed by atoms with Crippen molar-refractivity contribution in [1.82, 2.24) is 9.97 Å². The van der Waals surface area contributed by atoms with Crippen LogP contribution in [0.2, 0.25) is 13.1 Å². The van der Waals surface area contributed by atoms with Gasteiger partial charge in [-0.05, 0) is 78.7 Å². The number of nitrogens with zero attached hydrogens (tertiary/aromatic N) is 3. The van der Waals surface area contributed by atoms with E-state index in [2.05, 4.69) is 114 Å². The third-order valence-electron chi connectivity index (χ3n) is 9.50. The second-order valence-electron chi connectivity index (χ2n) is 12.7. The monoisotopic (exact) mass is 834 g/mol. The molecule has 3 heterocycles. The number of hydrogen-bond acceptors (Lipinski definition) is 3. The smallest absolute Gasteiger partial charge is 0.114 e. The van der Waals surface area contributed by atoms with E-state index in [1.165, 1.54) is 48.8 Å². The molecule has 2 aromatic heterocycles. The Balaban J connectivity index is 0.000000176. The maximum absolute atomic E-state index is 9.42. The van der Waals surface area contributed by atoms with Crippen LogP contribution in [-0.4, -0.2) is 18.0 Å². The van der Waals surface area contributed by atoms with Gasteiger partial charge in [-0.25, -0.2) is 0 Å². The van der Waals surface area contributed by atoms with E-state index in [0.29, 0.717) is 0 Å². The molecular weight excluding hydrogens is 803 g/mol. The number of benzene rings is 6. The largest absolute Gasteiger partial charge is 0.305 e. The summed E-state index contributed by atoms with van der Waals surface area (Å²) in [6.07, 6.45) is 3.70. The Bertz CT molecular complexity index is 2450. The van der Waals surface area contributed by atoms with Gasteiger partial charge in [0.15, 0.2) is 0 Å². The summed E-state index contributed by atoms with van der Waals surface area (Å²) in [7, 11) is -1.93. The molecule has 8 aromatic rings. The summed E-state index contributed by atoms with van der Waals surface area (Å²) in [6.45, 7) is 4.80. The zero-order valence-electron chi connectivity index (χ0n) is 27.6. The first-order chi connectivity index (χ1) is 24.0. The van der Waals surface area contributed by atoms with Crippen molar-refractivity contribution < 1.29 is 20.1 Å². The summed E-state index contributed by atoms with van der Waals surface area (Å²) in [5.74, 6) is 0. The van der Waals surface area contributed by atoms with Crippen molar-refractivity contribution >= 4 is 40.0 Å². The fourth-order valence-electron chi connectivity index (χ4n) is 7.14. The molecule has 5 heteroatoms. The first kappa shape index (κ1) is 33.0. The Morgan fingerprint density at radius 1 is 0.600 bits per heavy atom. The van der Waals surface area contributed by atoms with E-state index in [9.17, 15) is 5.26 Å². The minimum absolute atomic E-state index is 0. The Morgan fingerprint density at radius 2 is 1.36 bits per heavy atom. The summed E-state index contributed by atoms with van der Waals surface area (Å²) >= 11 is 0. The molecule has 0 saturated carbocycles. The van der Waals surface area contributed by atoms with Crippen LogP contribution >= 0.6 is 0 Å². The molecule has 50 heavy (non-hydrogen) atoms. The summed E-state index contributed by atoms with van der Waals surface area (Å²) in [5, 5.41) is 17.2. The maximum atomic E-state index is 9.42. The molecule has 3 nitrogen and oxygen atoms in total. The molecule has 0 fully saturated rings. The number of pyridine rings is 2. The standard InChI is InChI=1S/C28H19N2Si.C17H12N.Ir/c1-31(2)26-16-18(17-29)8-9-22(26)25-12-10-20-21-14-15-30-27(19-6-4-3-5-7-19)23(21)11-13-24(20)28(25)31;1-2-6-14(7-3-1)15-9-11-16(12-10-15)17-8-4-5-13-18-17;/h3-6,8-16H,1-2H3;1-11,13H;/q2*-1;. The zero-order valence-corrected chi connectivity index (χ0v) is 31.0. The first-order valence-corrected chi connectivity index (χ1v) is 19.4. The van der Waals surface area contributed by atoms with Gasteiger partial charge in [0.05, 0.1) is 11.6 Å². The predicted octanol–water partition coefficient (Wildman–Crippen LogP) is 9.74. The van der Waals surface area contributed by atoms with Gasteiger partial charge < -0.3 is 9.97 Å². The van der Waals surface area contributed by atoms with Gasteiger partial charge in [-0.15, -0.1) is 65.7 Å². The molecule has 0 bridgehead atoms. The first-order valence-electron chi connectivity index (χ1n) is 16.4. The van der Waals surface area contributed by atoms with Crippen molar-refractivity contribution in [1.29, 1.82) is 5.26 Å².